The van der Waals surface area contributed by atoms with Gasteiger partial charge < -0.3 is 5.11 Å². The van der Waals surface area contributed by atoms with Gasteiger partial charge >= 0.3 is 11.7 Å². The van der Waals surface area contributed by atoms with E-state index >= 15 is 0 Å². The number of aryl methyl sites for hydroxylation is 1. The molecule has 0 spiro atoms. The highest BCUT2D eigenvalue weighted by atomic mass is 32.2. The minimum atomic E-state index is -0.925. The van der Waals surface area contributed by atoms with Crippen molar-refractivity contribution in [3.8, 4) is 0 Å². The van der Waals surface area contributed by atoms with Crippen molar-refractivity contribution in [2.24, 2.45) is 0 Å². The first-order chi connectivity index (χ1) is 6.63. The topological polar surface area (TPSA) is 72.2 Å². The number of rotatable bonds is 4. The van der Waals surface area contributed by atoms with Crippen LogP contribution in [0.1, 0.15) is 6.42 Å². The van der Waals surface area contributed by atoms with Crippen LogP contribution in [0, 0.1) is 0 Å². The van der Waals surface area contributed by atoms with E-state index in [0.717, 1.165) is 0 Å². The molecule has 0 radical (unpaired) electrons. The van der Waals surface area contributed by atoms with Crippen molar-refractivity contribution in [1.29, 1.82) is 0 Å². The van der Waals surface area contributed by atoms with E-state index in [4.69, 9.17) is 5.11 Å². The van der Waals surface area contributed by atoms with Gasteiger partial charge in [-0.3, -0.25) is 9.36 Å². The summed E-state index contributed by atoms with van der Waals surface area (Å²) >= 11 is 1.38. The summed E-state index contributed by atoms with van der Waals surface area (Å²) in [6.07, 6.45) is 3.31. The number of carboxylic acids is 1. The molecule has 0 amide bonds. The molecular weight excluding hydrogens is 204 g/mol. The Labute approximate surface area is 84.8 Å². The van der Waals surface area contributed by atoms with E-state index in [1.807, 2.05) is 6.26 Å². The molecule has 1 heterocycles. The fourth-order valence-electron chi connectivity index (χ4n) is 0.913. The minimum absolute atomic E-state index is 0.0692. The van der Waals surface area contributed by atoms with Gasteiger partial charge in [0.05, 0.1) is 6.42 Å². The van der Waals surface area contributed by atoms with Crippen molar-refractivity contribution in [2.75, 3.05) is 6.26 Å². The van der Waals surface area contributed by atoms with Gasteiger partial charge in [-0.2, -0.15) is 4.98 Å². The van der Waals surface area contributed by atoms with Crippen LogP contribution >= 0.6 is 11.8 Å². The molecule has 1 aromatic rings. The van der Waals surface area contributed by atoms with Crippen molar-refractivity contribution in [3.05, 3.63) is 22.7 Å². The number of nitrogens with zero attached hydrogens (tertiary/aromatic N) is 2. The van der Waals surface area contributed by atoms with Crippen molar-refractivity contribution >= 4 is 17.7 Å². The fraction of sp³-hybridized carbons (Fsp3) is 0.375. The van der Waals surface area contributed by atoms with Crippen LogP contribution in [0.3, 0.4) is 0 Å². The van der Waals surface area contributed by atoms with Gasteiger partial charge in [0, 0.05) is 12.7 Å². The predicted molar refractivity (Wildman–Crippen MR) is 52.5 cm³/mol. The molecule has 0 aliphatic carbocycles. The molecule has 1 rings (SSSR count). The van der Waals surface area contributed by atoms with Crippen LogP contribution in [0.2, 0.25) is 0 Å². The normalized spacial score (nSPS) is 10.1. The van der Waals surface area contributed by atoms with Crippen LogP contribution in [-0.2, 0) is 11.3 Å². The first-order valence-electron chi connectivity index (χ1n) is 3.97. The molecule has 5 nitrogen and oxygen atoms in total. The third kappa shape index (κ3) is 2.88. The van der Waals surface area contributed by atoms with E-state index in [9.17, 15) is 9.59 Å². The lowest BCUT2D eigenvalue weighted by Gasteiger charge is -2.02. The second kappa shape index (κ2) is 4.80. The molecule has 14 heavy (non-hydrogen) atoms. The van der Waals surface area contributed by atoms with Gasteiger partial charge in [0.2, 0.25) is 0 Å². The van der Waals surface area contributed by atoms with Crippen LogP contribution in [-0.4, -0.2) is 26.9 Å². The maximum Gasteiger partial charge on any atom is 0.348 e. The Kier molecular flexibility index (Phi) is 3.70. The second-order valence-electron chi connectivity index (χ2n) is 2.59. The Bertz CT molecular complexity index is 388. The first kappa shape index (κ1) is 10.8. The van der Waals surface area contributed by atoms with Gasteiger partial charge in [-0.25, -0.2) is 4.79 Å². The maximum atomic E-state index is 11.3. The van der Waals surface area contributed by atoms with Crippen LogP contribution in [0.15, 0.2) is 22.1 Å². The molecule has 6 heteroatoms. The zero-order valence-corrected chi connectivity index (χ0v) is 8.45. The van der Waals surface area contributed by atoms with Gasteiger partial charge in [0.25, 0.3) is 0 Å². The third-order valence-corrected chi connectivity index (χ3v) is 2.27. The van der Waals surface area contributed by atoms with Gasteiger partial charge in [0.15, 0.2) is 0 Å². The predicted octanol–water partition coefficient (Wildman–Crippen LogP) is 0.440. The molecule has 0 saturated heterocycles. The van der Waals surface area contributed by atoms with Crippen LogP contribution in [0.5, 0.6) is 0 Å². The molecule has 0 fully saturated rings. The average Bonchev–Trinajstić information content (AvgIpc) is 2.15. The monoisotopic (exact) mass is 214 g/mol. The summed E-state index contributed by atoms with van der Waals surface area (Å²) in [5, 5.41) is 9.07. The molecule has 0 aliphatic rings. The number of carboxylic acid groups (broad SMARTS) is 1. The largest absolute Gasteiger partial charge is 0.481 e. The molecule has 1 aromatic heterocycles. The Morgan fingerprint density at radius 3 is 2.93 bits per heavy atom. The number of aromatic nitrogens is 2. The summed E-state index contributed by atoms with van der Waals surface area (Å²) in [7, 11) is 0. The zero-order chi connectivity index (χ0) is 10.6. The molecule has 0 atom stereocenters. The van der Waals surface area contributed by atoms with Gasteiger partial charge in [-0.1, -0.05) is 0 Å². The molecule has 0 aromatic carbocycles. The SMILES string of the molecule is CSc1ccn(CCC(=O)O)c(=O)n1. The lowest BCUT2D eigenvalue weighted by molar-refractivity contribution is -0.137. The summed E-state index contributed by atoms with van der Waals surface area (Å²) in [5.41, 5.74) is -0.405. The first-order valence-corrected chi connectivity index (χ1v) is 5.19. The standard InChI is InChI=1S/C8H10N2O3S/c1-14-6-2-4-10(8(13)9-6)5-3-7(11)12/h2,4H,3,5H2,1H3,(H,11,12). The number of hydrogen-bond donors (Lipinski definition) is 1. The highest BCUT2D eigenvalue weighted by molar-refractivity contribution is 7.98. The number of carbonyl (C=O) groups is 1. The van der Waals surface area contributed by atoms with E-state index in [1.165, 1.54) is 16.3 Å². The lowest BCUT2D eigenvalue weighted by atomic mass is 10.4. The highest BCUT2D eigenvalue weighted by Gasteiger charge is 2.01. The molecule has 1 N–H and O–H groups in total. The molecular formula is C8H10N2O3S. The second-order valence-corrected chi connectivity index (χ2v) is 3.42. The molecule has 0 bridgehead atoms. The van der Waals surface area contributed by atoms with Crippen molar-refractivity contribution in [3.63, 3.8) is 0 Å². The Hall–Kier alpha value is -1.30. The molecule has 0 aliphatic heterocycles. The minimum Gasteiger partial charge on any atom is -0.481 e. The van der Waals surface area contributed by atoms with Crippen molar-refractivity contribution in [2.45, 2.75) is 18.0 Å². The quantitative estimate of drug-likeness (QED) is 0.581. The number of thioether (sulfide) groups is 1. The van der Waals surface area contributed by atoms with Gasteiger partial charge in [-0.05, 0) is 12.3 Å². The summed E-state index contributed by atoms with van der Waals surface area (Å²) in [6, 6.07) is 1.69. The van der Waals surface area contributed by atoms with Crippen molar-refractivity contribution in [1.82, 2.24) is 9.55 Å². The maximum absolute atomic E-state index is 11.3. The van der Waals surface area contributed by atoms with Gasteiger partial charge in [-0.15, -0.1) is 11.8 Å². The molecule has 76 valence electrons. The van der Waals surface area contributed by atoms with Crippen LogP contribution < -0.4 is 5.69 Å². The zero-order valence-electron chi connectivity index (χ0n) is 7.64. The highest BCUT2D eigenvalue weighted by Crippen LogP contribution is 2.06. The van der Waals surface area contributed by atoms with Crippen LogP contribution in [0.4, 0.5) is 0 Å². The summed E-state index contributed by atoms with van der Waals surface area (Å²) in [6.45, 7) is 0.163. The van der Waals surface area contributed by atoms with E-state index < -0.39 is 11.7 Å². The van der Waals surface area contributed by atoms with Gasteiger partial charge in [0.1, 0.15) is 5.03 Å². The average molecular weight is 214 g/mol. The van der Waals surface area contributed by atoms with E-state index in [2.05, 4.69) is 4.98 Å². The molecule has 0 saturated carbocycles. The smallest absolute Gasteiger partial charge is 0.348 e. The summed E-state index contributed by atoms with van der Waals surface area (Å²) < 4.78 is 1.29. The Balaban J connectivity index is 2.79. The number of aliphatic carboxylic acids is 1. The van der Waals surface area contributed by atoms with Crippen molar-refractivity contribution < 1.29 is 9.90 Å². The third-order valence-electron chi connectivity index (χ3n) is 1.62. The lowest BCUT2D eigenvalue weighted by Crippen LogP contribution is -2.23. The summed E-state index contributed by atoms with van der Waals surface area (Å²) in [5.74, 6) is -0.925. The number of hydrogen-bond acceptors (Lipinski definition) is 4. The Morgan fingerprint density at radius 2 is 2.43 bits per heavy atom. The molecule has 0 unspecified atom stereocenters. The van der Waals surface area contributed by atoms with E-state index in [0.29, 0.717) is 5.03 Å². The fourth-order valence-corrected chi connectivity index (χ4v) is 1.28. The Morgan fingerprint density at radius 1 is 1.71 bits per heavy atom. The van der Waals surface area contributed by atoms with E-state index in [-0.39, 0.29) is 13.0 Å². The van der Waals surface area contributed by atoms with Crippen LogP contribution in [0.25, 0.3) is 0 Å². The summed E-state index contributed by atoms with van der Waals surface area (Å²) in [4.78, 5) is 25.3. The van der Waals surface area contributed by atoms with E-state index in [1.54, 1.807) is 12.3 Å².